The smallest absolute Gasteiger partial charge is 0.264 e. The molecule has 1 amide bonds. The van der Waals surface area contributed by atoms with Crippen molar-refractivity contribution in [2.75, 3.05) is 50.9 Å². The van der Waals surface area contributed by atoms with Gasteiger partial charge < -0.3 is 9.47 Å². The maximum atomic E-state index is 14.2. The summed E-state index contributed by atoms with van der Waals surface area (Å²) in [6.07, 6.45) is 0. The number of nitrogens with zero attached hydrogens (tertiary/aromatic N) is 3. The third-order valence-corrected chi connectivity index (χ3v) is 7.00. The van der Waals surface area contributed by atoms with Gasteiger partial charge in [-0.3, -0.25) is 14.6 Å². The molecule has 0 atom stereocenters. The Balaban J connectivity index is 1.57. The Morgan fingerprint density at radius 3 is 2.82 bits per heavy atom. The molecule has 0 radical (unpaired) electrons. The summed E-state index contributed by atoms with van der Waals surface area (Å²) in [7, 11) is 0. The normalized spacial score (nSPS) is 14.5. The zero-order valence-electron chi connectivity index (χ0n) is 19.0. The number of aromatic nitrogens is 1. The highest BCUT2D eigenvalue weighted by Gasteiger charge is 2.27. The van der Waals surface area contributed by atoms with Crippen molar-refractivity contribution in [2.45, 2.75) is 6.92 Å². The molecule has 1 aromatic heterocycles. The first-order valence-electron chi connectivity index (χ1n) is 11.5. The molecule has 176 valence electrons. The summed E-state index contributed by atoms with van der Waals surface area (Å²) >= 11 is 1.32. The van der Waals surface area contributed by atoms with Gasteiger partial charge in [0.25, 0.3) is 5.91 Å². The summed E-state index contributed by atoms with van der Waals surface area (Å²) in [5.41, 5.74) is 1.20. The van der Waals surface area contributed by atoms with Crippen molar-refractivity contribution in [3.63, 3.8) is 0 Å². The summed E-state index contributed by atoms with van der Waals surface area (Å²) < 4.78 is 25.9. The van der Waals surface area contributed by atoms with Crippen LogP contribution in [-0.4, -0.2) is 61.8 Å². The van der Waals surface area contributed by atoms with Gasteiger partial charge in [-0.25, -0.2) is 9.37 Å². The number of hydrogen-bond acceptors (Lipinski definition) is 6. The quantitative estimate of drug-likeness (QED) is 0.375. The van der Waals surface area contributed by atoms with Gasteiger partial charge in [-0.05, 0) is 42.0 Å². The average Bonchev–Trinajstić information content (AvgIpc) is 3.27. The molecule has 5 rings (SSSR count). The van der Waals surface area contributed by atoms with Crippen LogP contribution < -0.4 is 9.64 Å². The molecule has 0 aliphatic carbocycles. The first-order chi connectivity index (χ1) is 16.6. The number of benzene rings is 3. The Morgan fingerprint density at radius 1 is 1.18 bits per heavy atom. The minimum Gasteiger partial charge on any atom is -0.493 e. The minimum absolute atomic E-state index is 0.173. The van der Waals surface area contributed by atoms with Crippen molar-refractivity contribution < 1.29 is 18.7 Å². The van der Waals surface area contributed by atoms with E-state index in [1.54, 1.807) is 11.0 Å². The lowest BCUT2D eigenvalue weighted by atomic mass is 10.0. The van der Waals surface area contributed by atoms with Gasteiger partial charge in [0.05, 0.1) is 35.6 Å². The van der Waals surface area contributed by atoms with Crippen LogP contribution in [0.3, 0.4) is 0 Å². The number of ether oxygens (including phenoxy) is 2. The SMILES string of the molecule is CCOc1ccc2ccccc2c1C(=O)N(CCN1CCOCC1)c1nc2ccc(F)cc2s1. The van der Waals surface area contributed by atoms with Gasteiger partial charge in [-0.1, -0.05) is 41.7 Å². The summed E-state index contributed by atoms with van der Waals surface area (Å²) in [5.74, 6) is 0.0596. The highest BCUT2D eigenvalue weighted by molar-refractivity contribution is 7.22. The predicted molar refractivity (Wildman–Crippen MR) is 134 cm³/mol. The van der Waals surface area contributed by atoms with Gasteiger partial charge in [0.1, 0.15) is 11.6 Å². The Bertz CT molecular complexity index is 1320. The summed E-state index contributed by atoms with van der Waals surface area (Å²) in [6.45, 7) is 6.52. The molecule has 2 heterocycles. The molecule has 1 aliphatic rings. The van der Waals surface area contributed by atoms with Crippen LogP contribution in [-0.2, 0) is 4.74 Å². The van der Waals surface area contributed by atoms with Crippen LogP contribution in [0.25, 0.3) is 21.0 Å². The minimum atomic E-state index is -0.318. The predicted octanol–water partition coefficient (Wildman–Crippen LogP) is 4.97. The molecular weight excluding hydrogens is 453 g/mol. The zero-order valence-corrected chi connectivity index (χ0v) is 19.8. The number of hydrogen-bond donors (Lipinski definition) is 0. The Kier molecular flexibility index (Phi) is 6.71. The van der Waals surface area contributed by atoms with Crippen LogP contribution in [0.4, 0.5) is 9.52 Å². The Hall–Kier alpha value is -3.07. The first kappa shape index (κ1) is 22.7. The number of carbonyl (C=O) groups is 1. The second-order valence-corrected chi connectivity index (χ2v) is 9.12. The van der Waals surface area contributed by atoms with E-state index in [-0.39, 0.29) is 11.7 Å². The fraction of sp³-hybridized carbons (Fsp3) is 0.308. The number of carbonyl (C=O) groups excluding carboxylic acids is 1. The van der Waals surface area contributed by atoms with Gasteiger partial charge in [0, 0.05) is 26.2 Å². The molecule has 6 nitrogen and oxygen atoms in total. The topological polar surface area (TPSA) is 54.9 Å². The fourth-order valence-corrected chi connectivity index (χ4v) is 5.25. The van der Waals surface area contributed by atoms with Crippen molar-refractivity contribution in [3.05, 3.63) is 66.0 Å². The van der Waals surface area contributed by atoms with E-state index in [1.165, 1.54) is 23.5 Å². The number of amides is 1. The van der Waals surface area contributed by atoms with Crippen molar-refractivity contribution in [1.82, 2.24) is 9.88 Å². The van der Waals surface area contributed by atoms with Gasteiger partial charge in [-0.15, -0.1) is 0 Å². The van der Waals surface area contributed by atoms with Crippen LogP contribution >= 0.6 is 11.3 Å². The van der Waals surface area contributed by atoms with Gasteiger partial charge >= 0.3 is 0 Å². The van der Waals surface area contributed by atoms with Crippen molar-refractivity contribution in [1.29, 1.82) is 0 Å². The molecule has 0 saturated carbocycles. The van der Waals surface area contributed by atoms with Crippen molar-refractivity contribution in [2.24, 2.45) is 0 Å². The zero-order chi connectivity index (χ0) is 23.5. The number of fused-ring (bicyclic) bond motifs is 2. The Morgan fingerprint density at radius 2 is 2.00 bits per heavy atom. The van der Waals surface area contributed by atoms with Crippen LogP contribution in [0.15, 0.2) is 54.6 Å². The maximum absolute atomic E-state index is 14.2. The standard InChI is InChI=1S/C26H26FN3O3S/c1-2-33-22-10-7-18-5-3-4-6-20(18)24(22)25(31)30(12-11-29-13-15-32-16-14-29)26-28-21-9-8-19(27)17-23(21)34-26/h3-10,17H,2,11-16H2,1H3. The second kappa shape index (κ2) is 10.0. The molecule has 0 spiro atoms. The molecule has 3 aromatic carbocycles. The number of morpholine rings is 1. The number of thiazole rings is 1. The maximum Gasteiger partial charge on any atom is 0.264 e. The lowest BCUT2D eigenvalue weighted by Gasteiger charge is -2.29. The van der Waals surface area contributed by atoms with E-state index in [0.717, 1.165) is 23.9 Å². The third kappa shape index (κ3) is 4.61. The van der Waals surface area contributed by atoms with Crippen LogP contribution in [0, 0.1) is 5.82 Å². The molecule has 34 heavy (non-hydrogen) atoms. The second-order valence-electron chi connectivity index (χ2n) is 8.11. The molecule has 0 N–H and O–H groups in total. The van der Waals surface area contributed by atoms with Crippen molar-refractivity contribution >= 4 is 43.4 Å². The monoisotopic (exact) mass is 479 g/mol. The average molecular weight is 480 g/mol. The van der Waals surface area contributed by atoms with Crippen LogP contribution in [0.5, 0.6) is 5.75 Å². The molecule has 4 aromatic rings. The molecule has 1 saturated heterocycles. The molecule has 0 bridgehead atoms. The van der Waals surface area contributed by atoms with Gasteiger partial charge in [-0.2, -0.15) is 0 Å². The summed E-state index contributed by atoms with van der Waals surface area (Å²) in [6, 6.07) is 16.1. The molecule has 1 aliphatic heterocycles. The highest BCUT2D eigenvalue weighted by Crippen LogP contribution is 2.34. The molecule has 1 fully saturated rings. The molecular formula is C26H26FN3O3S. The molecule has 8 heteroatoms. The van der Waals surface area contributed by atoms with E-state index in [9.17, 15) is 9.18 Å². The van der Waals surface area contributed by atoms with Crippen molar-refractivity contribution in [3.8, 4) is 5.75 Å². The first-order valence-corrected chi connectivity index (χ1v) is 12.3. The number of rotatable bonds is 7. The van der Waals surface area contributed by atoms with E-state index < -0.39 is 0 Å². The van der Waals surface area contributed by atoms with E-state index in [1.807, 2.05) is 43.3 Å². The van der Waals surface area contributed by atoms with Gasteiger partial charge in [0.2, 0.25) is 0 Å². The van der Waals surface area contributed by atoms with Crippen LogP contribution in [0.2, 0.25) is 0 Å². The van der Waals surface area contributed by atoms with E-state index in [2.05, 4.69) is 4.90 Å². The van der Waals surface area contributed by atoms with E-state index in [0.29, 0.717) is 59.6 Å². The largest absolute Gasteiger partial charge is 0.493 e. The lowest BCUT2D eigenvalue weighted by Crippen LogP contribution is -2.43. The third-order valence-electron chi connectivity index (χ3n) is 5.96. The highest BCUT2D eigenvalue weighted by atomic mass is 32.1. The summed E-state index contributed by atoms with van der Waals surface area (Å²) in [4.78, 5) is 22.9. The Labute approximate surface area is 201 Å². The number of halogens is 1. The van der Waals surface area contributed by atoms with E-state index in [4.69, 9.17) is 14.5 Å². The lowest BCUT2D eigenvalue weighted by molar-refractivity contribution is 0.0391. The van der Waals surface area contributed by atoms with Crippen LogP contribution in [0.1, 0.15) is 17.3 Å². The summed E-state index contributed by atoms with van der Waals surface area (Å²) in [5, 5.41) is 2.35. The van der Waals surface area contributed by atoms with Gasteiger partial charge in [0.15, 0.2) is 5.13 Å². The van der Waals surface area contributed by atoms with E-state index >= 15 is 0 Å². The fourth-order valence-electron chi connectivity index (χ4n) is 4.23. The molecule has 0 unspecified atom stereocenters. The number of anilines is 1.